The van der Waals surface area contributed by atoms with E-state index in [-0.39, 0.29) is 11.7 Å². The van der Waals surface area contributed by atoms with E-state index >= 15 is 0 Å². The number of methoxy groups -OCH3 is 1. The summed E-state index contributed by atoms with van der Waals surface area (Å²) in [4.78, 5) is 30.6. The molecule has 0 bridgehead atoms. The zero-order valence-electron chi connectivity index (χ0n) is 20.1. The van der Waals surface area contributed by atoms with Crippen LogP contribution >= 0.6 is 22.9 Å². The molecule has 5 aromatic rings. The second kappa shape index (κ2) is 11.2. The second-order valence-corrected chi connectivity index (χ2v) is 9.44. The van der Waals surface area contributed by atoms with Crippen LogP contribution < -0.4 is 14.9 Å². The van der Waals surface area contributed by atoms with Gasteiger partial charge in [0, 0.05) is 16.0 Å². The van der Waals surface area contributed by atoms with Gasteiger partial charge >= 0.3 is 5.97 Å². The summed E-state index contributed by atoms with van der Waals surface area (Å²) in [6.07, 6.45) is 1.48. The number of pyridine rings is 1. The summed E-state index contributed by atoms with van der Waals surface area (Å²) in [5.41, 5.74) is 5.83. The lowest BCUT2D eigenvalue weighted by Crippen LogP contribution is -2.18. The van der Waals surface area contributed by atoms with E-state index in [4.69, 9.17) is 26.1 Å². The van der Waals surface area contributed by atoms with Gasteiger partial charge in [-0.05, 0) is 59.5 Å². The molecule has 0 aliphatic carbocycles. The fourth-order valence-corrected chi connectivity index (χ4v) is 4.48. The number of thiophene rings is 1. The van der Waals surface area contributed by atoms with Gasteiger partial charge in [-0.25, -0.2) is 15.2 Å². The van der Waals surface area contributed by atoms with Crippen LogP contribution in [-0.2, 0) is 0 Å². The van der Waals surface area contributed by atoms with Crippen molar-refractivity contribution in [3.05, 3.63) is 111 Å². The van der Waals surface area contributed by atoms with Crippen LogP contribution in [0.2, 0.25) is 5.02 Å². The summed E-state index contributed by atoms with van der Waals surface area (Å²) in [6.45, 7) is 0. The van der Waals surface area contributed by atoms with Crippen LogP contribution in [0.3, 0.4) is 0 Å². The molecule has 0 fully saturated rings. The summed E-state index contributed by atoms with van der Waals surface area (Å²) in [6, 6.07) is 24.9. The number of para-hydroxylation sites is 1. The van der Waals surface area contributed by atoms with E-state index in [1.54, 1.807) is 53.9 Å². The Morgan fingerprint density at radius 3 is 2.55 bits per heavy atom. The number of hydrazone groups is 1. The van der Waals surface area contributed by atoms with Gasteiger partial charge in [-0.1, -0.05) is 48.0 Å². The number of halogens is 1. The number of rotatable bonds is 7. The monoisotopic (exact) mass is 541 g/mol. The smallest absolute Gasteiger partial charge is 0.353 e. The van der Waals surface area contributed by atoms with Gasteiger partial charge in [-0.15, -0.1) is 11.3 Å². The van der Waals surface area contributed by atoms with Crippen LogP contribution in [-0.4, -0.2) is 30.2 Å². The lowest BCUT2D eigenvalue weighted by Gasteiger charge is -2.10. The van der Waals surface area contributed by atoms with Crippen molar-refractivity contribution < 1.29 is 19.1 Å². The van der Waals surface area contributed by atoms with Gasteiger partial charge in [0.05, 0.1) is 30.1 Å². The van der Waals surface area contributed by atoms with Gasteiger partial charge in [0.15, 0.2) is 11.5 Å². The predicted octanol–water partition coefficient (Wildman–Crippen LogP) is 6.61. The SMILES string of the molecule is COc1cc(C=NNC(=O)c2cc(-c3ccc(Cl)cc3)nc3ccccc23)ccc1OC(=O)c1cccs1. The number of nitrogens with zero attached hydrogens (tertiary/aromatic N) is 2. The minimum Gasteiger partial charge on any atom is -0.493 e. The minimum atomic E-state index is -0.463. The summed E-state index contributed by atoms with van der Waals surface area (Å²) in [7, 11) is 1.48. The molecule has 2 heterocycles. The van der Waals surface area contributed by atoms with Gasteiger partial charge in [0.1, 0.15) is 4.88 Å². The number of aromatic nitrogens is 1. The Hall–Kier alpha value is -4.53. The lowest BCUT2D eigenvalue weighted by atomic mass is 10.0. The van der Waals surface area contributed by atoms with Crippen molar-refractivity contribution >= 4 is 51.9 Å². The third kappa shape index (κ3) is 5.56. The fraction of sp³-hybridized carbons (Fsp3) is 0.0345. The molecule has 0 aliphatic heterocycles. The molecule has 0 aliphatic rings. The highest BCUT2D eigenvalue weighted by atomic mass is 35.5. The first kappa shape index (κ1) is 25.1. The molecule has 7 nitrogen and oxygen atoms in total. The highest BCUT2D eigenvalue weighted by Crippen LogP contribution is 2.29. The van der Waals surface area contributed by atoms with Gasteiger partial charge in [0.25, 0.3) is 5.91 Å². The molecule has 9 heteroatoms. The number of benzene rings is 3. The average Bonchev–Trinajstić information content (AvgIpc) is 3.49. The largest absolute Gasteiger partial charge is 0.493 e. The van der Waals surface area contributed by atoms with Crippen molar-refractivity contribution in [3.8, 4) is 22.8 Å². The number of hydrogen-bond acceptors (Lipinski definition) is 7. The highest BCUT2D eigenvalue weighted by molar-refractivity contribution is 7.12. The fourth-order valence-electron chi connectivity index (χ4n) is 3.75. The maximum atomic E-state index is 13.1. The van der Waals surface area contributed by atoms with Crippen molar-refractivity contribution in [1.29, 1.82) is 0 Å². The predicted molar refractivity (Wildman–Crippen MR) is 150 cm³/mol. The quantitative estimate of drug-likeness (QED) is 0.108. The van der Waals surface area contributed by atoms with E-state index in [1.165, 1.54) is 24.7 Å². The summed E-state index contributed by atoms with van der Waals surface area (Å²) < 4.78 is 10.8. The highest BCUT2D eigenvalue weighted by Gasteiger charge is 2.15. The number of hydrogen-bond donors (Lipinski definition) is 1. The summed E-state index contributed by atoms with van der Waals surface area (Å²) >= 11 is 7.32. The second-order valence-electron chi connectivity index (χ2n) is 8.06. The maximum Gasteiger partial charge on any atom is 0.353 e. The van der Waals surface area contributed by atoms with Crippen molar-refractivity contribution in [2.75, 3.05) is 7.11 Å². The van der Waals surface area contributed by atoms with Crippen molar-refractivity contribution in [2.24, 2.45) is 5.10 Å². The van der Waals surface area contributed by atoms with Crippen LogP contribution in [0.4, 0.5) is 0 Å². The molecule has 2 aromatic heterocycles. The number of fused-ring (bicyclic) bond motifs is 1. The zero-order chi connectivity index (χ0) is 26.5. The molecule has 0 atom stereocenters. The van der Waals surface area contributed by atoms with E-state index in [2.05, 4.69) is 10.5 Å². The van der Waals surface area contributed by atoms with Crippen molar-refractivity contribution in [1.82, 2.24) is 10.4 Å². The van der Waals surface area contributed by atoms with Crippen LogP contribution in [0.15, 0.2) is 95.4 Å². The molecule has 38 heavy (non-hydrogen) atoms. The Kier molecular flexibility index (Phi) is 7.44. The Labute approximate surface area is 227 Å². The van der Waals surface area contributed by atoms with Crippen LogP contribution in [0.1, 0.15) is 25.6 Å². The number of esters is 1. The maximum absolute atomic E-state index is 13.1. The topological polar surface area (TPSA) is 89.9 Å². The normalized spacial score (nSPS) is 11.0. The third-order valence-corrected chi connectivity index (χ3v) is 6.70. The van der Waals surface area contributed by atoms with Crippen molar-refractivity contribution in [3.63, 3.8) is 0 Å². The third-order valence-electron chi connectivity index (χ3n) is 5.59. The molecule has 1 N–H and O–H groups in total. The molecule has 0 saturated carbocycles. The number of amides is 1. The minimum absolute atomic E-state index is 0.282. The van der Waals surface area contributed by atoms with E-state index in [0.717, 1.165) is 5.56 Å². The van der Waals surface area contributed by atoms with Gasteiger partial charge in [-0.3, -0.25) is 4.79 Å². The van der Waals surface area contributed by atoms with Gasteiger partial charge < -0.3 is 9.47 Å². The molecular formula is C29H20ClN3O4S. The van der Waals surface area contributed by atoms with Crippen LogP contribution in [0.25, 0.3) is 22.2 Å². The number of carbonyl (C=O) groups excluding carboxylic acids is 2. The molecular weight excluding hydrogens is 522 g/mol. The molecule has 0 unspecified atom stereocenters. The standard InChI is InChI=1S/C29H20ClN3O4S/c1-36-26-15-18(8-13-25(26)37-29(35)27-7-4-14-38-27)17-31-33-28(34)22-16-24(19-9-11-20(30)12-10-19)32-23-6-3-2-5-21(22)23/h2-17H,1H3,(H,33,34). The molecule has 188 valence electrons. The molecule has 5 rings (SSSR count). The molecule has 0 spiro atoms. The Morgan fingerprint density at radius 2 is 1.79 bits per heavy atom. The van der Waals surface area contributed by atoms with E-state index < -0.39 is 5.97 Å². The first-order chi connectivity index (χ1) is 18.5. The van der Waals surface area contributed by atoms with Gasteiger partial charge in [0.2, 0.25) is 0 Å². The first-order valence-corrected chi connectivity index (χ1v) is 12.7. The zero-order valence-corrected chi connectivity index (χ0v) is 21.6. The van der Waals surface area contributed by atoms with Gasteiger partial charge in [-0.2, -0.15) is 5.10 Å². The van der Waals surface area contributed by atoms with E-state index in [1.807, 2.05) is 36.4 Å². The Morgan fingerprint density at radius 1 is 0.974 bits per heavy atom. The van der Waals surface area contributed by atoms with Crippen LogP contribution in [0, 0.1) is 0 Å². The summed E-state index contributed by atoms with van der Waals surface area (Å²) in [5, 5.41) is 7.24. The molecule has 3 aromatic carbocycles. The number of nitrogens with one attached hydrogen (secondary N) is 1. The van der Waals surface area contributed by atoms with Crippen LogP contribution in [0.5, 0.6) is 11.5 Å². The lowest BCUT2D eigenvalue weighted by molar-refractivity contribution is 0.0734. The summed E-state index contributed by atoms with van der Waals surface area (Å²) in [5.74, 6) is -0.207. The Bertz CT molecular complexity index is 1650. The van der Waals surface area contributed by atoms with Crippen molar-refractivity contribution in [2.45, 2.75) is 0 Å². The molecule has 1 amide bonds. The average molecular weight is 542 g/mol. The number of ether oxygens (including phenoxy) is 2. The molecule has 0 saturated heterocycles. The Balaban J connectivity index is 1.35. The first-order valence-electron chi connectivity index (χ1n) is 11.4. The van der Waals surface area contributed by atoms with E-state index in [9.17, 15) is 9.59 Å². The van der Waals surface area contributed by atoms with E-state index in [0.29, 0.717) is 43.4 Å². The molecule has 0 radical (unpaired) electrons. The number of carbonyl (C=O) groups is 2.